The normalized spacial score (nSPS) is 18.6. The van der Waals surface area contributed by atoms with E-state index in [0.717, 1.165) is 19.4 Å². The number of hydrogen-bond acceptors (Lipinski definition) is 7. The number of rotatable bonds is 27. The van der Waals surface area contributed by atoms with Crippen LogP contribution in [-0.2, 0) is 18.8 Å². The van der Waals surface area contributed by atoms with Crippen LogP contribution in [-0.4, -0.2) is 55.1 Å². The number of nitrogens with zero attached hydrogens (tertiary/aromatic N) is 2. The van der Waals surface area contributed by atoms with Crippen LogP contribution < -0.4 is 5.73 Å². The van der Waals surface area contributed by atoms with Crippen molar-refractivity contribution in [3.05, 3.63) is 23.5 Å². The van der Waals surface area contributed by atoms with Gasteiger partial charge in [0.2, 0.25) is 5.79 Å². The fourth-order valence-corrected chi connectivity index (χ4v) is 5.37. The Balaban J connectivity index is 1.41. The third-order valence-electron chi connectivity index (χ3n) is 7.90. The van der Waals surface area contributed by atoms with Gasteiger partial charge in [-0.25, -0.2) is 4.99 Å². The van der Waals surface area contributed by atoms with E-state index >= 15 is 0 Å². The monoisotopic (exact) mass is 601 g/mol. The van der Waals surface area contributed by atoms with E-state index in [0.29, 0.717) is 30.8 Å². The van der Waals surface area contributed by atoms with E-state index < -0.39 is 19.2 Å². The lowest BCUT2D eigenvalue weighted by atomic mass is 10.0. The predicted octanol–water partition coefficient (Wildman–Crippen LogP) is 7.08. The molecule has 2 unspecified atom stereocenters. The van der Waals surface area contributed by atoms with Crippen LogP contribution in [0, 0.1) is 16.7 Å². The molecule has 11 heteroatoms. The number of H-pyrrole nitrogens is 1. The van der Waals surface area contributed by atoms with E-state index in [1.165, 1.54) is 96.3 Å². The molecular formula is C32H56BN5O5. The Morgan fingerprint density at radius 1 is 1.02 bits per heavy atom. The molecule has 1 aliphatic rings. The lowest BCUT2D eigenvalue weighted by Crippen LogP contribution is -2.39. The zero-order chi connectivity index (χ0) is 31.0. The van der Waals surface area contributed by atoms with Crippen LogP contribution in [0.15, 0.2) is 17.1 Å². The minimum absolute atomic E-state index is 0.180. The molecular weight excluding hydrogens is 545 g/mol. The van der Waals surface area contributed by atoms with Crippen molar-refractivity contribution in [3.8, 4) is 6.07 Å². The standard InChI is InChI=1S/C32H56BN5O5/c1-2-3-4-5-6-7-8-9-10-11-12-13-14-15-16-17-23-40-24-18-25-41-33(39)43-32(26-34)22-21-30(42-32)28-19-20-29(38-28)31(36)37-27-35/h19-20,27,30,38-39H,2-18,21-25H2,1H3,(H3,35,36,37). The first-order valence-electron chi connectivity index (χ1n) is 16.7. The van der Waals surface area contributed by atoms with Crippen LogP contribution in [0.2, 0.25) is 0 Å². The Labute approximate surface area is 259 Å². The molecule has 0 amide bonds. The second kappa shape index (κ2) is 23.2. The zero-order valence-electron chi connectivity index (χ0n) is 26.5. The number of nitriles is 1. The van der Waals surface area contributed by atoms with Gasteiger partial charge in [-0.05, 0) is 31.4 Å². The van der Waals surface area contributed by atoms with Crippen molar-refractivity contribution in [2.75, 3.05) is 19.8 Å². The Morgan fingerprint density at radius 3 is 2.19 bits per heavy atom. The molecule has 5 N–H and O–H groups in total. The van der Waals surface area contributed by atoms with Gasteiger partial charge in [0.05, 0.1) is 5.69 Å². The Hall–Kier alpha value is -2.23. The number of aromatic amines is 1. The number of hydrogen-bond donors (Lipinski definition) is 4. The summed E-state index contributed by atoms with van der Waals surface area (Å²) >= 11 is 0. The van der Waals surface area contributed by atoms with E-state index in [1.54, 1.807) is 12.1 Å². The fraction of sp³-hybridized carbons (Fsp3) is 0.781. The quantitative estimate of drug-likeness (QED) is 0.0363. The van der Waals surface area contributed by atoms with Gasteiger partial charge in [0.15, 0.2) is 0 Å². The van der Waals surface area contributed by atoms with Crippen molar-refractivity contribution in [2.45, 2.75) is 141 Å². The third-order valence-corrected chi connectivity index (χ3v) is 7.90. The highest BCUT2D eigenvalue weighted by Gasteiger charge is 2.46. The minimum atomic E-state index is -1.60. The summed E-state index contributed by atoms with van der Waals surface area (Å²) in [7, 11) is -1.58. The summed E-state index contributed by atoms with van der Waals surface area (Å²) in [6.45, 7) is 3.81. The average molecular weight is 602 g/mol. The first-order chi connectivity index (χ1) is 21.0. The highest BCUT2D eigenvalue weighted by molar-refractivity contribution is 6.34. The van der Waals surface area contributed by atoms with E-state index in [9.17, 15) is 10.3 Å². The van der Waals surface area contributed by atoms with Crippen molar-refractivity contribution in [3.63, 3.8) is 0 Å². The Morgan fingerprint density at radius 2 is 1.60 bits per heavy atom. The number of ether oxygens (including phenoxy) is 2. The van der Waals surface area contributed by atoms with Gasteiger partial charge in [-0.15, -0.1) is 0 Å². The van der Waals surface area contributed by atoms with Crippen LogP contribution in [0.1, 0.15) is 146 Å². The van der Waals surface area contributed by atoms with E-state index in [4.69, 9.17) is 29.9 Å². The molecule has 0 aromatic carbocycles. The summed E-state index contributed by atoms with van der Waals surface area (Å²) in [5.41, 5.74) is 7.06. The van der Waals surface area contributed by atoms with Gasteiger partial charge in [-0.2, -0.15) is 5.26 Å². The second-order valence-electron chi connectivity index (χ2n) is 11.5. The molecule has 10 nitrogen and oxygen atoms in total. The van der Waals surface area contributed by atoms with Crippen LogP contribution in [0.25, 0.3) is 0 Å². The number of amidine groups is 1. The summed E-state index contributed by atoms with van der Waals surface area (Å²) in [6.07, 6.45) is 23.5. The molecule has 0 saturated carbocycles. The summed E-state index contributed by atoms with van der Waals surface area (Å²) in [5.74, 6) is -1.42. The van der Waals surface area contributed by atoms with Crippen molar-refractivity contribution < 1.29 is 23.8 Å². The lowest BCUT2D eigenvalue weighted by molar-refractivity contribution is -0.154. The molecule has 1 aliphatic heterocycles. The maximum atomic E-state index is 10.2. The maximum absolute atomic E-state index is 10.2. The van der Waals surface area contributed by atoms with Gasteiger partial charge in [-0.1, -0.05) is 103 Å². The van der Waals surface area contributed by atoms with Crippen molar-refractivity contribution in [1.82, 2.24) is 4.98 Å². The van der Waals surface area contributed by atoms with E-state index in [-0.39, 0.29) is 18.9 Å². The van der Waals surface area contributed by atoms with E-state index in [2.05, 4.69) is 16.9 Å². The number of aromatic nitrogens is 1. The highest BCUT2D eigenvalue weighted by atomic mass is 16.8. The van der Waals surface area contributed by atoms with Gasteiger partial charge < -0.3 is 34.5 Å². The van der Waals surface area contributed by atoms with Crippen LogP contribution in [0.3, 0.4) is 0 Å². The average Bonchev–Trinajstić information content (AvgIpc) is 3.66. The van der Waals surface area contributed by atoms with Gasteiger partial charge >= 0.3 is 7.32 Å². The fourth-order valence-electron chi connectivity index (χ4n) is 5.37. The SMILES string of the molecule is CCCCCCCCCCCCCCCCCCOCCCOB(O)OC1(C#N)CCC(c2ccc(C(N)=NC=N)[nH]2)O1. The van der Waals surface area contributed by atoms with Gasteiger partial charge in [0.25, 0.3) is 0 Å². The maximum Gasteiger partial charge on any atom is 0.639 e. The first kappa shape index (κ1) is 37.0. The minimum Gasteiger partial charge on any atom is -0.402 e. The molecule has 1 aromatic rings. The molecule has 43 heavy (non-hydrogen) atoms. The number of aliphatic imine (C=N–C) groups is 1. The van der Waals surface area contributed by atoms with Gasteiger partial charge in [0.1, 0.15) is 24.3 Å². The highest BCUT2D eigenvalue weighted by Crippen LogP contribution is 2.40. The molecule has 2 atom stereocenters. The van der Waals surface area contributed by atoms with Crippen molar-refractivity contribution in [1.29, 1.82) is 10.7 Å². The summed E-state index contributed by atoms with van der Waals surface area (Å²) in [5, 5.41) is 26.9. The number of unbranched alkanes of at least 4 members (excludes halogenated alkanes) is 15. The molecule has 242 valence electrons. The first-order valence-corrected chi connectivity index (χ1v) is 16.7. The molecule has 0 spiro atoms. The predicted molar refractivity (Wildman–Crippen MR) is 172 cm³/mol. The number of nitrogens with two attached hydrogens (primary N) is 1. The molecule has 1 fully saturated rings. The van der Waals surface area contributed by atoms with Crippen LogP contribution in [0.4, 0.5) is 0 Å². The Bertz CT molecular complexity index is 939. The van der Waals surface area contributed by atoms with Crippen LogP contribution >= 0.6 is 0 Å². The van der Waals surface area contributed by atoms with Gasteiger partial charge in [-0.3, -0.25) is 5.41 Å². The summed E-state index contributed by atoms with van der Waals surface area (Å²) in [4.78, 5) is 6.83. The molecule has 0 bridgehead atoms. The smallest absolute Gasteiger partial charge is 0.402 e. The third kappa shape index (κ3) is 15.9. The summed E-state index contributed by atoms with van der Waals surface area (Å²) < 4.78 is 22.3. The molecule has 1 aromatic heterocycles. The van der Waals surface area contributed by atoms with Crippen molar-refractivity contribution >= 4 is 19.5 Å². The molecule has 0 aliphatic carbocycles. The van der Waals surface area contributed by atoms with E-state index in [1.807, 2.05) is 6.07 Å². The Kier molecular flexibility index (Phi) is 19.9. The molecule has 2 rings (SSSR count). The molecule has 2 heterocycles. The molecule has 1 saturated heterocycles. The summed E-state index contributed by atoms with van der Waals surface area (Å²) in [6, 6.07) is 5.54. The van der Waals surface area contributed by atoms with Crippen LogP contribution in [0.5, 0.6) is 0 Å². The largest absolute Gasteiger partial charge is 0.639 e. The zero-order valence-corrected chi connectivity index (χ0v) is 26.5. The topological polar surface area (TPSA) is 159 Å². The number of nitrogens with one attached hydrogen (secondary N) is 2. The van der Waals surface area contributed by atoms with Gasteiger partial charge in [0, 0.05) is 31.9 Å². The molecule has 0 radical (unpaired) electrons. The lowest BCUT2D eigenvalue weighted by Gasteiger charge is -2.23. The second-order valence-corrected chi connectivity index (χ2v) is 11.5. The van der Waals surface area contributed by atoms with Crippen molar-refractivity contribution in [2.24, 2.45) is 10.7 Å².